The van der Waals surface area contributed by atoms with Gasteiger partial charge in [-0.2, -0.15) is 18.4 Å². The van der Waals surface area contributed by atoms with Gasteiger partial charge in [-0.3, -0.25) is 0 Å². The summed E-state index contributed by atoms with van der Waals surface area (Å²) in [6.45, 7) is 0. The molecule has 0 radical (unpaired) electrons. The first-order valence-electron chi connectivity index (χ1n) is 2.30. The van der Waals surface area contributed by atoms with Crippen molar-refractivity contribution in [1.29, 1.82) is 5.26 Å². The molecule has 0 heterocycles. The molecule has 0 bridgehead atoms. The van der Waals surface area contributed by atoms with Gasteiger partial charge in [-0.15, -0.1) is 0 Å². The normalized spacial score (nSPS) is 12.4. The lowest BCUT2D eigenvalue weighted by Gasteiger charge is -2.00. The Labute approximate surface area is 59.4 Å². The summed E-state index contributed by atoms with van der Waals surface area (Å²) in [5, 5.41) is 15.7. The molecule has 0 aromatic heterocycles. The highest BCUT2D eigenvalue weighted by Crippen LogP contribution is 2.24. The second-order valence-electron chi connectivity index (χ2n) is 1.51. The van der Waals surface area contributed by atoms with Crippen LogP contribution in [0.25, 0.3) is 0 Å². The molecule has 0 unspecified atom stereocenters. The number of hydrogen-bond acceptors (Lipinski definition) is 2. The number of carbonyl (C=O) groups is 1. The van der Waals surface area contributed by atoms with Gasteiger partial charge in [0.15, 0.2) is 0 Å². The molecule has 0 aromatic carbocycles. The van der Waals surface area contributed by atoms with Crippen LogP contribution in [0.5, 0.6) is 0 Å². The van der Waals surface area contributed by atoms with Crippen molar-refractivity contribution in [3.63, 3.8) is 0 Å². The van der Waals surface area contributed by atoms with E-state index in [1.165, 1.54) is 0 Å². The van der Waals surface area contributed by atoms with Crippen molar-refractivity contribution in [2.75, 3.05) is 0 Å². The highest BCUT2D eigenvalue weighted by Gasteiger charge is 2.34. The molecule has 0 saturated heterocycles. The van der Waals surface area contributed by atoms with Crippen LogP contribution in [0.4, 0.5) is 13.2 Å². The van der Waals surface area contributed by atoms with Gasteiger partial charge in [0.25, 0.3) is 0 Å². The monoisotopic (exact) mass is 165 g/mol. The van der Waals surface area contributed by atoms with Crippen LogP contribution >= 0.6 is 0 Å². The van der Waals surface area contributed by atoms with Crippen molar-refractivity contribution in [1.82, 2.24) is 0 Å². The summed E-state index contributed by atoms with van der Waals surface area (Å²) >= 11 is 0. The number of nitrogens with zero attached hydrogens (tertiary/aromatic N) is 1. The van der Waals surface area contributed by atoms with Gasteiger partial charge < -0.3 is 5.11 Å². The first-order valence-corrected chi connectivity index (χ1v) is 2.30. The minimum absolute atomic E-state index is 0.181. The quantitative estimate of drug-likeness (QED) is 0.467. The Morgan fingerprint density at radius 3 is 2.09 bits per heavy atom. The van der Waals surface area contributed by atoms with Crippen molar-refractivity contribution in [3.8, 4) is 6.07 Å². The molecule has 0 aliphatic carbocycles. The number of rotatable bonds is 1. The summed E-state index contributed by atoms with van der Waals surface area (Å²) < 4.78 is 34.6. The molecule has 0 amide bonds. The SMILES string of the molecule is N#C/C(=C\C(=O)O)C(F)(F)F. The molecule has 0 saturated carbocycles. The average molecular weight is 165 g/mol. The van der Waals surface area contributed by atoms with Gasteiger partial charge in [-0.05, 0) is 0 Å². The molecule has 0 spiro atoms. The molecule has 0 fully saturated rings. The molecule has 0 atom stereocenters. The van der Waals surface area contributed by atoms with E-state index >= 15 is 0 Å². The number of carboxylic acid groups (broad SMARTS) is 1. The minimum Gasteiger partial charge on any atom is -0.478 e. The molecular formula is C5H2F3NO2. The number of allylic oxidation sites excluding steroid dienone is 1. The fourth-order valence-electron chi connectivity index (χ4n) is 0.301. The van der Waals surface area contributed by atoms with Gasteiger partial charge in [0.1, 0.15) is 11.6 Å². The fraction of sp³-hybridized carbons (Fsp3) is 0.200. The topological polar surface area (TPSA) is 61.1 Å². The Bertz CT molecular complexity index is 235. The average Bonchev–Trinajstić information content (AvgIpc) is 1.79. The highest BCUT2D eigenvalue weighted by molar-refractivity contribution is 5.81. The Morgan fingerprint density at radius 2 is 2.00 bits per heavy atom. The second kappa shape index (κ2) is 3.05. The minimum atomic E-state index is -4.88. The molecule has 0 rings (SSSR count). The molecule has 0 aliphatic heterocycles. The smallest absolute Gasteiger partial charge is 0.426 e. The lowest BCUT2D eigenvalue weighted by molar-refractivity contribution is -0.132. The summed E-state index contributed by atoms with van der Waals surface area (Å²) in [7, 11) is 0. The standard InChI is InChI=1S/C5H2F3NO2/c6-5(7,8)3(2-9)1-4(10)11/h1H,(H,10,11)/b3-1+. The first kappa shape index (κ1) is 9.49. The van der Waals surface area contributed by atoms with Gasteiger partial charge in [-0.1, -0.05) is 0 Å². The summed E-state index contributed by atoms with van der Waals surface area (Å²) in [5.41, 5.74) is -1.72. The van der Waals surface area contributed by atoms with E-state index in [4.69, 9.17) is 10.4 Å². The predicted octanol–water partition coefficient (Wildman–Crippen LogP) is 1.08. The highest BCUT2D eigenvalue weighted by atomic mass is 19.4. The summed E-state index contributed by atoms with van der Waals surface area (Å²) in [4.78, 5) is 9.69. The number of nitriles is 1. The van der Waals surface area contributed by atoms with E-state index in [1.807, 2.05) is 0 Å². The first-order chi connectivity index (χ1) is 4.88. The predicted molar refractivity (Wildman–Crippen MR) is 27.4 cm³/mol. The molecule has 11 heavy (non-hydrogen) atoms. The van der Waals surface area contributed by atoms with Crippen LogP contribution in [0.15, 0.2) is 11.6 Å². The van der Waals surface area contributed by atoms with E-state index in [2.05, 4.69) is 0 Å². The second-order valence-corrected chi connectivity index (χ2v) is 1.51. The Balaban J connectivity index is 4.73. The van der Waals surface area contributed by atoms with Crippen LogP contribution in [0.1, 0.15) is 0 Å². The van der Waals surface area contributed by atoms with Crippen LogP contribution in [-0.2, 0) is 4.79 Å². The maximum Gasteiger partial charge on any atom is 0.426 e. The van der Waals surface area contributed by atoms with Crippen LogP contribution < -0.4 is 0 Å². The Kier molecular flexibility index (Phi) is 2.63. The zero-order valence-electron chi connectivity index (χ0n) is 5.01. The molecule has 0 aliphatic rings. The van der Waals surface area contributed by atoms with Crippen LogP contribution in [0.2, 0.25) is 0 Å². The van der Waals surface area contributed by atoms with E-state index < -0.39 is 17.7 Å². The number of halogens is 3. The largest absolute Gasteiger partial charge is 0.478 e. The number of aliphatic carboxylic acids is 1. The zero-order valence-corrected chi connectivity index (χ0v) is 5.01. The van der Waals surface area contributed by atoms with E-state index in [0.29, 0.717) is 0 Å². The fourth-order valence-corrected chi connectivity index (χ4v) is 0.301. The van der Waals surface area contributed by atoms with Crippen LogP contribution in [0, 0.1) is 11.3 Å². The molecule has 6 heteroatoms. The van der Waals surface area contributed by atoms with Crippen molar-refractivity contribution < 1.29 is 23.1 Å². The third kappa shape index (κ3) is 3.25. The van der Waals surface area contributed by atoms with Gasteiger partial charge in [-0.25, -0.2) is 4.79 Å². The van der Waals surface area contributed by atoms with Crippen molar-refractivity contribution in [2.45, 2.75) is 6.18 Å². The maximum atomic E-state index is 11.5. The Morgan fingerprint density at radius 1 is 1.55 bits per heavy atom. The van der Waals surface area contributed by atoms with Gasteiger partial charge >= 0.3 is 12.1 Å². The van der Waals surface area contributed by atoms with E-state index in [1.54, 1.807) is 0 Å². The van der Waals surface area contributed by atoms with E-state index in [0.717, 1.165) is 6.07 Å². The van der Waals surface area contributed by atoms with E-state index in [-0.39, 0.29) is 6.08 Å². The number of alkyl halides is 3. The van der Waals surface area contributed by atoms with Crippen LogP contribution in [-0.4, -0.2) is 17.3 Å². The molecular weight excluding hydrogens is 163 g/mol. The summed E-state index contributed by atoms with van der Waals surface area (Å²) in [6, 6.07) is 0.729. The van der Waals surface area contributed by atoms with Gasteiger partial charge in [0.2, 0.25) is 0 Å². The number of carboxylic acids is 1. The third-order valence-corrected chi connectivity index (χ3v) is 0.694. The van der Waals surface area contributed by atoms with Crippen molar-refractivity contribution in [3.05, 3.63) is 11.6 Å². The maximum absolute atomic E-state index is 11.5. The van der Waals surface area contributed by atoms with Gasteiger partial charge in [0.05, 0.1) is 0 Å². The molecule has 3 nitrogen and oxygen atoms in total. The summed E-state index contributed by atoms with van der Waals surface area (Å²) in [5.74, 6) is -1.79. The lowest BCUT2D eigenvalue weighted by Crippen LogP contribution is -2.11. The van der Waals surface area contributed by atoms with Crippen molar-refractivity contribution in [2.24, 2.45) is 0 Å². The third-order valence-electron chi connectivity index (χ3n) is 0.694. The number of hydrogen-bond donors (Lipinski definition) is 1. The van der Waals surface area contributed by atoms with Crippen LogP contribution in [0.3, 0.4) is 0 Å². The van der Waals surface area contributed by atoms with E-state index in [9.17, 15) is 18.0 Å². The lowest BCUT2D eigenvalue weighted by atomic mass is 10.3. The molecule has 0 aromatic rings. The molecule has 60 valence electrons. The van der Waals surface area contributed by atoms with Crippen molar-refractivity contribution >= 4 is 5.97 Å². The van der Waals surface area contributed by atoms with Gasteiger partial charge in [0, 0.05) is 6.08 Å². The molecule has 1 N–H and O–H groups in total. The summed E-state index contributed by atoms with van der Waals surface area (Å²) in [6.07, 6.45) is -5.06. The Hall–Kier alpha value is -1.51. The zero-order chi connectivity index (χ0) is 9.07.